The van der Waals surface area contributed by atoms with Crippen molar-refractivity contribution in [3.05, 3.63) is 59.7 Å². The third-order valence-electron chi connectivity index (χ3n) is 10.0. The molecule has 0 aromatic heterocycles. The number of amides is 1. The maximum atomic E-state index is 10.4. The number of guanidine groups is 1. The number of nitrogens with two attached hydrogens (primary N) is 12. The van der Waals surface area contributed by atoms with Crippen molar-refractivity contribution in [2.24, 2.45) is 91.6 Å². The molecule has 0 aliphatic carbocycles. The molecule has 90 heavy (non-hydrogen) atoms. The first kappa shape index (κ1) is 94.8. The van der Waals surface area contributed by atoms with Gasteiger partial charge >= 0.3 is 59.7 Å². The highest BCUT2D eigenvalue weighted by Gasteiger charge is 2.17. The molecule has 36 N–H and O–H groups in total. The normalized spacial score (nSPS) is 12.5. The van der Waals surface area contributed by atoms with E-state index in [-0.39, 0.29) is 62.5 Å². The summed E-state index contributed by atoms with van der Waals surface area (Å²) >= 11 is 0. The number of carbonyl (C=O) groups excluding carboxylic acids is 1. The van der Waals surface area contributed by atoms with Crippen LogP contribution in [0.25, 0.3) is 0 Å². The summed E-state index contributed by atoms with van der Waals surface area (Å²) in [6, 6.07) is 5.92. The molecule has 36 heteroatoms. The molecule has 2 aromatic rings. The molecular weight excluding hydrogens is 1200 g/mol. The molecule has 0 heterocycles. The molecule has 518 valence electrons. The molecule has 0 saturated carbocycles. The minimum absolute atomic E-state index is 0.0129. The fourth-order valence-corrected chi connectivity index (χ4v) is 5.24. The van der Waals surface area contributed by atoms with Gasteiger partial charge in [-0.25, -0.2) is 0 Å². The number of phenolic OH excluding ortho intramolecular Hbond substituents is 2. The van der Waals surface area contributed by atoms with Crippen LogP contribution in [0.4, 0.5) is 0 Å². The average Bonchev–Trinajstić information content (AvgIpc) is 3.61. The highest BCUT2D eigenvalue weighted by molar-refractivity contribution is 5.78. The van der Waals surface area contributed by atoms with Gasteiger partial charge in [-0.2, -0.15) is 0 Å². The standard InChI is InChI=1S/2C9H11NO3.C6H14N4O2.3C6H13NO2.C5H10N2O3.C5H9NO4.C2H5NO2/c2*10-8(9(12)13)5-6-1-3-7(11)4-2-6;7-4(5(11)12)2-1-3-10-6(8)9;3*1-4(2)3-5(7)6(8)9;2*6-3(5(9)10)1-2-4(7)8;3-1-2(4)5/h2*1-4,8,11H,5,10H2,(H,12,13);4H,1-3,7H2,(H,11,12)(H4,8,9,10);3*4-5H,3,7H2,1-2H3,(H,8,9);3H,1-2,6H2,(H2,7,8)(H,9,10);3H,1-2,6H2,(H,7,8)(H,9,10);1,3H2,(H,4,5). The first-order valence-corrected chi connectivity index (χ1v) is 27.1. The zero-order valence-corrected chi connectivity index (χ0v) is 51.4. The SMILES string of the molecule is CC(C)CC(N)C(=O)O.CC(C)CC(N)C(=O)O.CC(C)CC(N)C(=O)O.NC(=O)CCC(N)C(=O)O.NC(CCC(=O)O)C(=O)O.NC(Cc1ccc(O)cc1)C(=O)O.NC(Cc1ccc(O)cc1)C(=O)O.NC(N)=NCCCC(N)C(=O)O.NCC(=O)O. The Hall–Kier alpha value is -8.88. The highest BCUT2D eigenvalue weighted by Crippen LogP contribution is 2.12. The van der Waals surface area contributed by atoms with Gasteiger partial charge in [0.05, 0.1) is 6.54 Å². The summed E-state index contributed by atoms with van der Waals surface area (Å²) in [6.07, 6.45) is 3.05. The quantitative estimate of drug-likeness (QED) is 0.0226. The van der Waals surface area contributed by atoms with Gasteiger partial charge in [0.1, 0.15) is 59.8 Å². The molecule has 1 amide bonds. The van der Waals surface area contributed by atoms with Crippen LogP contribution in [0, 0.1) is 17.8 Å². The van der Waals surface area contributed by atoms with Gasteiger partial charge < -0.3 is 130 Å². The molecule has 0 aliphatic rings. The van der Waals surface area contributed by atoms with E-state index in [1.165, 1.54) is 24.3 Å². The van der Waals surface area contributed by atoms with Crippen LogP contribution in [-0.4, -0.2) is 194 Å². The Morgan fingerprint density at radius 3 is 0.811 bits per heavy atom. The van der Waals surface area contributed by atoms with Crippen molar-refractivity contribution in [2.75, 3.05) is 13.1 Å². The number of benzene rings is 2. The second-order valence-corrected chi connectivity index (χ2v) is 20.2. The van der Waals surface area contributed by atoms with Gasteiger partial charge in [0, 0.05) is 19.4 Å². The van der Waals surface area contributed by atoms with Crippen LogP contribution in [0.2, 0.25) is 0 Å². The Kier molecular flexibility index (Phi) is 59.6. The van der Waals surface area contributed by atoms with Crippen LogP contribution in [0.3, 0.4) is 0 Å². The third kappa shape index (κ3) is 71.6. The summed E-state index contributed by atoms with van der Waals surface area (Å²) in [7, 11) is 0. The van der Waals surface area contributed by atoms with E-state index in [0.29, 0.717) is 56.4 Å². The van der Waals surface area contributed by atoms with Gasteiger partial charge in [-0.1, -0.05) is 65.8 Å². The molecule has 0 spiro atoms. The van der Waals surface area contributed by atoms with Gasteiger partial charge in [0.25, 0.3) is 0 Å². The molecule has 2 rings (SSSR count). The second-order valence-electron chi connectivity index (χ2n) is 20.2. The largest absolute Gasteiger partial charge is 0.508 e. The maximum Gasteiger partial charge on any atom is 0.320 e. The lowest BCUT2D eigenvalue weighted by molar-refractivity contribution is -0.141. The number of hydrogen-bond donors (Lipinski definition) is 24. The number of phenols is 2. The number of primary amides is 1. The maximum absolute atomic E-state index is 10.4. The lowest BCUT2D eigenvalue weighted by atomic mass is 10.1. The second kappa shape index (κ2) is 56.6. The zero-order chi connectivity index (χ0) is 72.1. The van der Waals surface area contributed by atoms with Gasteiger partial charge in [0.2, 0.25) is 5.91 Å². The van der Waals surface area contributed by atoms with E-state index >= 15 is 0 Å². The van der Waals surface area contributed by atoms with Gasteiger partial charge in [-0.15, -0.1) is 0 Å². The number of carboxylic acid groups (broad SMARTS) is 10. The number of aliphatic imine (C=N–C) groups is 1. The van der Waals surface area contributed by atoms with E-state index in [0.717, 1.165) is 11.1 Å². The van der Waals surface area contributed by atoms with E-state index in [1.807, 2.05) is 41.5 Å². The van der Waals surface area contributed by atoms with E-state index in [4.69, 9.17) is 124 Å². The van der Waals surface area contributed by atoms with Crippen LogP contribution in [0.1, 0.15) is 110 Å². The summed E-state index contributed by atoms with van der Waals surface area (Å²) in [5.74, 6) is -9.18. The molecule has 8 unspecified atom stereocenters. The van der Waals surface area contributed by atoms with Crippen molar-refractivity contribution in [2.45, 2.75) is 161 Å². The van der Waals surface area contributed by atoms with Gasteiger partial charge in [0.15, 0.2) is 5.96 Å². The topological polar surface area (TPSA) is 755 Å². The summed E-state index contributed by atoms with van der Waals surface area (Å²) in [5, 5.41) is 100. The summed E-state index contributed by atoms with van der Waals surface area (Å²) in [6.45, 7) is 11.8. The fraction of sp³-hybridized carbons (Fsp3) is 0.556. The van der Waals surface area contributed by atoms with Crippen LogP contribution in [0.5, 0.6) is 11.5 Å². The first-order chi connectivity index (χ1) is 41.2. The number of aliphatic carboxylic acids is 10. The van der Waals surface area contributed by atoms with Crippen LogP contribution in [-0.2, 0) is 65.6 Å². The molecular formula is C54H99N13O23. The van der Waals surface area contributed by atoms with Crippen molar-refractivity contribution in [3.63, 3.8) is 0 Å². The van der Waals surface area contributed by atoms with Crippen LogP contribution >= 0.6 is 0 Å². The van der Waals surface area contributed by atoms with Gasteiger partial charge in [-0.3, -0.25) is 57.7 Å². The van der Waals surface area contributed by atoms with E-state index in [1.54, 1.807) is 24.3 Å². The Morgan fingerprint density at radius 1 is 0.378 bits per heavy atom. The molecule has 0 bridgehead atoms. The number of hydrogen-bond acceptors (Lipinski definition) is 23. The monoisotopic (exact) mass is 1300 g/mol. The fourth-order valence-electron chi connectivity index (χ4n) is 5.24. The lowest BCUT2D eigenvalue weighted by Crippen LogP contribution is -2.32. The number of carboxylic acids is 10. The van der Waals surface area contributed by atoms with Crippen molar-refractivity contribution in [1.29, 1.82) is 0 Å². The molecule has 0 aliphatic heterocycles. The Labute approximate surface area is 520 Å². The number of aromatic hydroxyl groups is 2. The minimum atomic E-state index is -1.17. The van der Waals surface area contributed by atoms with Crippen LogP contribution < -0.4 is 68.8 Å². The Balaban J connectivity index is -0.000000174. The Morgan fingerprint density at radius 2 is 0.622 bits per heavy atom. The number of carbonyl (C=O) groups is 11. The zero-order valence-electron chi connectivity index (χ0n) is 51.4. The lowest BCUT2D eigenvalue weighted by Gasteiger charge is -2.07. The smallest absolute Gasteiger partial charge is 0.320 e. The third-order valence-corrected chi connectivity index (χ3v) is 10.0. The van der Waals surface area contributed by atoms with Crippen molar-refractivity contribution in [1.82, 2.24) is 0 Å². The Bertz CT molecular complexity index is 2240. The van der Waals surface area contributed by atoms with E-state index in [9.17, 15) is 52.7 Å². The molecule has 0 saturated heterocycles. The van der Waals surface area contributed by atoms with E-state index < -0.39 is 114 Å². The summed E-state index contributed by atoms with van der Waals surface area (Å²) in [4.78, 5) is 114. The first-order valence-electron chi connectivity index (χ1n) is 27.1. The number of rotatable bonds is 29. The summed E-state index contributed by atoms with van der Waals surface area (Å²) < 4.78 is 0. The predicted molar refractivity (Wildman–Crippen MR) is 329 cm³/mol. The molecule has 0 fully saturated rings. The van der Waals surface area contributed by atoms with Crippen LogP contribution in [0.15, 0.2) is 53.5 Å². The van der Waals surface area contributed by atoms with Gasteiger partial charge in [-0.05, 0) is 111 Å². The summed E-state index contributed by atoms with van der Waals surface area (Å²) in [5.41, 5.74) is 62.6. The van der Waals surface area contributed by atoms with Crippen molar-refractivity contribution >= 4 is 71.6 Å². The van der Waals surface area contributed by atoms with Crippen molar-refractivity contribution < 1.29 is 114 Å². The minimum Gasteiger partial charge on any atom is -0.508 e. The van der Waals surface area contributed by atoms with Crippen molar-refractivity contribution in [3.8, 4) is 11.5 Å². The predicted octanol–water partition coefficient (Wildman–Crippen LogP) is -2.57. The molecule has 2 aromatic carbocycles. The molecule has 0 radical (unpaired) electrons. The average molecular weight is 1300 g/mol. The molecule has 8 atom stereocenters. The number of nitrogens with zero attached hydrogens (tertiary/aromatic N) is 1. The highest BCUT2D eigenvalue weighted by atomic mass is 16.4. The molecule has 36 nitrogen and oxygen atoms in total. The van der Waals surface area contributed by atoms with E-state index in [2.05, 4.69) is 10.7 Å².